The summed E-state index contributed by atoms with van der Waals surface area (Å²) in [6.45, 7) is 2.88. The van der Waals surface area contributed by atoms with Crippen molar-refractivity contribution in [3.8, 4) is 0 Å². The molecule has 4 aliphatic rings. The lowest BCUT2D eigenvalue weighted by Crippen LogP contribution is -2.55. The highest BCUT2D eigenvalue weighted by molar-refractivity contribution is 6.35. The maximum Gasteiger partial charge on any atom is 0.251 e. The van der Waals surface area contributed by atoms with Crippen molar-refractivity contribution < 1.29 is 4.79 Å². The molecule has 4 aliphatic carbocycles. The summed E-state index contributed by atoms with van der Waals surface area (Å²) in [4.78, 5) is 12.9. The SMILES string of the molecule is Cc1ccc([C@@H]2C3C[C@@H]4C[C@H](C3)CC2(CNC(=O)c2cc(Cl)cc(Cl)c2)C4)cc1. The van der Waals surface area contributed by atoms with E-state index in [0.717, 1.165) is 24.3 Å². The van der Waals surface area contributed by atoms with Crippen molar-refractivity contribution in [2.75, 3.05) is 6.54 Å². The molecule has 0 saturated heterocycles. The van der Waals surface area contributed by atoms with Crippen LogP contribution in [0.5, 0.6) is 0 Å². The zero-order valence-corrected chi connectivity index (χ0v) is 18.3. The Morgan fingerprint density at radius 1 is 1.00 bits per heavy atom. The first-order valence-corrected chi connectivity index (χ1v) is 11.5. The Bertz CT molecular complexity index is 904. The minimum atomic E-state index is -0.0761. The lowest BCUT2D eigenvalue weighted by atomic mass is 9.44. The van der Waals surface area contributed by atoms with Crippen LogP contribution in [0.15, 0.2) is 42.5 Å². The maximum atomic E-state index is 12.9. The topological polar surface area (TPSA) is 29.1 Å². The van der Waals surface area contributed by atoms with Crippen molar-refractivity contribution >= 4 is 29.1 Å². The first-order chi connectivity index (χ1) is 13.9. The molecule has 0 aromatic heterocycles. The largest absolute Gasteiger partial charge is 0.351 e. The molecular weight excluding hydrogens is 401 g/mol. The van der Waals surface area contributed by atoms with Crippen LogP contribution in [-0.4, -0.2) is 12.5 Å². The van der Waals surface area contributed by atoms with Crippen LogP contribution < -0.4 is 5.32 Å². The summed E-state index contributed by atoms with van der Waals surface area (Å²) in [7, 11) is 0. The Hall–Kier alpha value is -1.51. The summed E-state index contributed by atoms with van der Waals surface area (Å²) in [6.07, 6.45) is 6.56. The highest BCUT2D eigenvalue weighted by Crippen LogP contribution is 2.65. The van der Waals surface area contributed by atoms with Gasteiger partial charge in [0.25, 0.3) is 5.91 Å². The molecule has 4 bridgehead atoms. The van der Waals surface area contributed by atoms with Crippen LogP contribution >= 0.6 is 23.2 Å². The molecule has 0 heterocycles. The molecule has 2 aromatic carbocycles. The average molecular weight is 428 g/mol. The second-order valence-corrected chi connectivity index (χ2v) is 10.6. The van der Waals surface area contributed by atoms with Crippen LogP contribution in [0.3, 0.4) is 0 Å². The van der Waals surface area contributed by atoms with Gasteiger partial charge in [-0.1, -0.05) is 53.0 Å². The molecule has 4 heteroatoms. The van der Waals surface area contributed by atoms with Crippen LogP contribution in [0.4, 0.5) is 0 Å². The van der Waals surface area contributed by atoms with Crippen molar-refractivity contribution in [1.82, 2.24) is 5.32 Å². The normalized spacial score (nSPS) is 32.4. The fourth-order valence-corrected chi connectivity index (χ4v) is 7.43. The highest BCUT2D eigenvalue weighted by atomic mass is 35.5. The van der Waals surface area contributed by atoms with Crippen molar-refractivity contribution in [2.45, 2.75) is 44.9 Å². The maximum absolute atomic E-state index is 12.9. The number of hydrogen-bond acceptors (Lipinski definition) is 1. The van der Waals surface area contributed by atoms with Crippen LogP contribution in [0.25, 0.3) is 0 Å². The monoisotopic (exact) mass is 427 g/mol. The molecule has 4 saturated carbocycles. The Labute approximate surface area is 183 Å². The Morgan fingerprint density at radius 3 is 2.24 bits per heavy atom. The van der Waals surface area contributed by atoms with Crippen molar-refractivity contribution in [3.05, 3.63) is 69.2 Å². The zero-order chi connectivity index (χ0) is 20.2. The molecule has 2 nitrogen and oxygen atoms in total. The highest BCUT2D eigenvalue weighted by Gasteiger charge is 2.57. The Balaban J connectivity index is 1.42. The molecule has 29 heavy (non-hydrogen) atoms. The average Bonchev–Trinajstić information content (AvgIpc) is 2.66. The number of rotatable bonds is 4. The number of hydrogen-bond donors (Lipinski definition) is 1. The quantitative estimate of drug-likeness (QED) is 0.581. The predicted octanol–water partition coefficient (Wildman–Crippen LogP) is 6.64. The van der Waals surface area contributed by atoms with Crippen LogP contribution in [0.2, 0.25) is 10.0 Å². The molecule has 0 spiro atoms. The summed E-state index contributed by atoms with van der Waals surface area (Å²) in [5.41, 5.74) is 3.47. The fraction of sp³-hybridized carbons (Fsp3) is 0.480. The predicted molar refractivity (Wildman–Crippen MR) is 119 cm³/mol. The molecule has 5 atom stereocenters. The third-order valence-corrected chi connectivity index (χ3v) is 8.06. The minimum absolute atomic E-state index is 0.0761. The van der Waals surface area contributed by atoms with Gasteiger partial charge in [0.05, 0.1) is 0 Å². The van der Waals surface area contributed by atoms with Crippen LogP contribution in [0.1, 0.15) is 59.5 Å². The molecule has 2 aromatic rings. The zero-order valence-electron chi connectivity index (χ0n) is 16.8. The summed E-state index contributed by atoms with van der Waals surface area (Å²) >= 11 is 12.2. The van der Waals surface area contributed by atoms with E-state index in [4.69, 9.17) is 23.2 Å². The first-order valence-electron chi connectivity index (χ1n) is 10.7. The van der Waals surface area contributed by atoms with E-state index in [2.05, 4.69) is 36.5 Å². The van der Waals surface area contributed by atoms with Gasteiger partial charge in [0.2, 0.25) is 0 Å². The smallest absolute Gasteiger partial charge is 0.251 e. The molecule has 0 radical (unpaired) electrons. The van der Waals surface area contributed by atoms with Gasteiger partial charge in [-0.25, -0.2) is 0 Å². The second kappa shape index (κ2) is 7.32. The van der Waals surface area contributed by atoms with Crippen molar-refractivity contribution in [1.29, 1.82) is 0 Å². The van der Waals surface area contributed by atoms with E-state index in [0.29, 0.717) is 21.5 Å². The van der Waals surface area contributed by atoms with Gasteiger partial charge in [0.1, 0.15) is 0 Å². The summed E-state index contributed by atoms with van der Waals surface area (Å²) in [5, 5.41) is 4.26. The number of carbonyl (C=O) groups is 1. The number of nitrogens with one attached hydrogen (secondary N) is 1. The van der Waals surface area contributed by atoms with E-state index in [9.17, 15) is 4.79 Å². The van der Waals surface area contributed by atoms with Gasteiger partial charge < -0.3 is 5.32 Å². The van der Waals surface area contributed by atoms with E-state index < -0.39 is 0 Å². The Morgan fingerprint density at radius 2 is 1.62 bits per heavy atom. The van der Waals surface area contributed by atoms with E-state index >= 15 is 0 Å². The lowest BCUT2D eigenvalue weighted by Gasteiger charge is -2.61. The molecule has 1 amide bonds. The summed E-state index contributed by atoms with van der Waals surface area (Å²) < 4.78 is 0. The number of amides is 1. The number of carbonyl (C=O) groups excluding carboxylic acids is 1. The fourth-order valence-electron chi connectivity index (χ4n) is 6.91. The van der Waals surface area contributed by atoms with Gasteiger partial charge in [-0.3, -0.25) is 4.79 Å². The van der Waals surface area contributed by atoms with Crippen molar-refractivity contribution in [2.24, 2.45) is 23.2 Å². The van der Waals surface area contributed by atoms with Gasteiger partial charge >= 0.3 is 0 Å². The Kier molecular flexibility index (Phi) is 4.91. The van der Waals surface area contributed by atoms with Gasteiger partial charge in [-0.05, 0) is 91.9 Å². The second-order valence-electron chi connectivity index (χ2n) is 9.70. The van der Waals surface area contributed by atoms with E-state index in [1.165, 1.54) is 43.2 Å². The third kappa shape index (κ3) is 3.59. The van der Waals surface area contributed by atoms with E-state index in [1.807, 2.05) is 0 Å². The lowest BCUT2D eigenvalue weighted by molar-refractivity contribution is -0.0731. The molecule has 2 unspecified atom stereocenters. The molecule has 0 aliphatic heterocycles. The molecule has 6 rings (SSSR count). The standard InChI is InChI=1S/C25H27Cl2NO/c1-15-2-4-18(5-3-15)23-19-7-16-6-17(8-19)13-25(23,12-16)14-28-24(29)20-9-21(26)11-22(27)10-20/h2-5,9-11,16-17,19,23H,6-8,12-14H2,1H3,(H,28,29)/t16-,17+,19?,23-,25?/m1/s1. The number of halogens is 2. The van der Waals surface area contributed by atoms with Gasteiger partial charge in [0.15, 0.2) is 0 Å². The molecule has 1 N–H and O–H groups in total. The van der Waals surface area contributed by atoms with E-state index in [-0.39, 0.29) is 11.3 Å². The van der Waals surface area contributed by atoms with Crippen LogP contribution in [-0.2, 0) is 0 Å². The minimum Gasteiger partial charge on any atom is -0.351 e. The number of aryl methyl sites for hydroxylation is 1. The molecule has 4 fully saturated rings. The first kappa shape index (κ1) is 19.5. The third-order valence-electron chi connectivity index (χ3n) is 7.62. The summed E-state index contributed by atoms with van der Waals surface area (Å²) in [6, 6.07) is 14.2. The molecular formula is C25H27Cl2NO. The van der Waals surface area contributed by atoms with Crippen LogP contribution in [0, 0.1) is 30.1 Å². The van der Waals surface area contributed by atoms with Gasteiger partial charge in [-0.15, -0.1) is 0 Å². The summed E-state index contributed by atoms with van der Waals surface area (Å²) in [5.74, 6) is 2.87. The van der Waals surface area contributed by atoms with Crippen molar-refractivity contribution in [3.63, 3.8) is 0 Å². The number of benzene rings is 2. The van der Waals surface area contributed by atoms with E-state index in [1.54, 1.807) is 18.2 Å². The molecule has 152 valence electrons. The van der Waals surface area contributed by atoms with Gasteiger partial charge in [0, 0.05) is 22.2 Å². The van der Waals surface area contributed by atoms with Gasteiger partial charge in [-0.2, -0.15) is 0 Å².